The Morgan fingerprint density at radius 3 is 1.54 bits per heavy atom. The van der Waals surface area contributed by atoms with E-state index < -0.39 is 59.8 Å². The summed E-state index contributed by atoms with van der Waals surface area (Å²) in [5.74, 6) is -0.420. The maximum atomic E-state index is 12.4. The van der Waals surface area contributed by atoms with E-state index in [1.165, 1.54) is 122 Å². The molecule has 13 heteroatoms. The van der Waals surface area contributed by atoms with Crippen molar-refractivity contribution in [1.82, 2.24) is 0 Å². The number of aliphatic hydroxyl groups excluding tert-OH is 3. The molecule has 52 heavy (non-hydrogen) atoms. The van der Waals surface area contributed by atoms with E-state index in [9.17, 15) is 28.5 Å². The molecule has 0 aromatic rings. The van der Waals surface area contributed by atoms with Crippen LogP contribution in [-0.2, 0) is 38.3 Å². The van der Waals surface area contributed by atoms with Gasteiger partial charge in [-0.15, -0.1) is 0 Å². The van der Waals surface area contributed by atoms with Crippen LogP contribution in [0.4, 0.5) is 0 Å². The molecule has 1 fully saturated rings. The van der Waals surface area contributed by atoms with Gasteiger partial charge in [0.1, 0.15) is 30.5 Å². The molecule has 0 radical (unpaired) electrons. The summed E-state index contributed by atoms with van der Waals surface area (Å²) < 4.78 is 58.4. The molecule has 1 saturated heterocycles. The highest BCUT2D eigenvalue weighted by atomic mass is 32.3. The summed E-state index contributed by atoms with van der Waals surface area (Å²) in [6, 6.07) is 0. The quantitative estimate of drug-likeness (QED) is 0.0277. The first-order valence-electron chi connectivity index (χ1n) is 20.8. The van der Waals surface area contributed by atoms with Gasteiger partial charge in [-0.1, -0.05) is 162 Å². The van der Waals surface area contributed by atoms with Gasteiger partial charge in [-0.3, -0.25) is 9.35 Å². The zero-order chi connectivity index (χ0) is 38.3. The lowest BCUT2D eigenvalue weighted by atomic mass is 9.99. The van der Waals surface area contributed by atoms with Gasteiger partial charge in [-0.25, -0.2) is 4.18 Å². The molecule has 4 N–H and O–H groups in total. The molecular weight excluding hydrogens is 692 g/mol. The molecule has 0 spiro atoms. The Labute approximate surface area is 316 Å². The highest BCUT2D eigenvalue weighted by Gasteiger charge is 2.48. The predicted molar refractivity (Wildman–Crippen MR) is 202 cm³/mol. The molecule has 1 heterocycles. The van der Waals surface area contributed by atoms with Crippen LogP contribution in [0.5, 0.6) is 0 Å². The summed E-state index contributed by atoms with van der Waals surface area (Å²) in [5, 5.41) is 30.3. The van der Waals surface area contributed by atoms with Gasteiger partial charge in [0.2, 0.25) is 0 Å². The van der Waals surface area contributed by atoms with Gasteiger partial charge in [0.15, 0.2) is 6.29 Å². The fourth-order valence-corrected chi connectivity index (χ4v) is 7.06. The molecule has 6 atom stereocenters. The number of unbranched alkanes of at least 4 members (excludes halogenated alkanes) is 23. The number of carbonyl (C=O) groups is 1. The molecule has 0 aromatic carbocycles. The van der Waals surface area contributed by atoms with Crippen LogP contribution >= 0.6 is 0 Å². The molecule has 310 valence electrons. The van der Waals surface area contributed by atoms with Gasteiger partial charge in [0.25, 0.3) is 0 Å². The fraction of sp³-hybridized carbons (Fsp3) is 0.974. The van der Waals surface area contributed by atoms with Gasteiger partial charge in [-0.05, 0) is 12.8 Å². The zero-order valence-electron chi connectivity index (χ0n) is 32.6. The number of aliphatic hydroxyl groups is 3. The van der Waals surface area contributed by atoms with Crippen molar-refractivity contribution in [2.45, 2.75) is 218 Å². The maximum Gasteiger partial charge on any atom is 0.397 e. The van der Waals surface area contributed by atoms with Crippen LogP contribution in [0, 0.1) is 0 Å². The Kier molecular flexibility index (Phi) is 30.6. The van der Waals surface area contributed by atoms with Crippen LogP contribution in [-0.4, -0.2) is 97.5 Å². The smallest absolute Gasteiger partial charge is 0.397 e. The Balaban J connectivity index is 2.19. The van der Waals surface area contributed by atoms with Crippen molar-refractivity contribution in [1.29, 1.82) is 0 Å². The maximum absolute atomic E-state index is 12.4. The van der Waals surface area contributed by atoms with Gasteiger partial charge < -0.3 is 34.3 Å². The molecule has 0 aromatic heterocycles. The van der Waals surface area contributed by atoms with Crippen molar-refractivity contribution < 1.29 is 56.2 Å². The largest absolute Gasteiger partial charge is 0.457 e. The second-order valence-corrected chi connectivity index (χ2v) is 15.6. The average molecular weight is 769 g/mol. The molecule has 1 aliphatic rings. The monoisotopic (exact) mass is 769 g/mol. The van der Waals surface area contributed by atoms with Crippen molar-refractivity contribution in [3.8, 4) is 0 Å². The number of esters is 1. The third-order valence-corrected chi connectivity index (χ3v) is 10.2. The highest BCUT2D eigenvalue weighted by molar-refractivity contribution is 7.80. The minimum Gasteiger partial charge on any atom is -0.457 e. The average Bonchev–Trinajstić information content (AvgIpc) is 3.11. The van der Waals surface area contributed by atoms with E-state index in [-0.39, 0.29) is 19.6 Å². The lowest BCUT2D eigenvalue weighted by molar-refractivity contribution is -0.301. The van der Waals surface area contributed by atoms with E-state index in [0.717, 1.165) is 32.1 Å². The van der Waals surface area contributed by atoms with E-state index in [4.69, 9.17) is 23.5 Å². The summed E-state index contributed by atoms with van der Waals surface area (Å²) in [5.41, 5.74) is 0. The fourth-order valence-electron chi connectivity index (χ4n) is 6.56. The molecular formula is C39H76O12S. The van der Waals surface area contributed by atoms with E-state index in [1.807, 2.05) is 6.92 Å². The normalized spacial score (nSPS) is 21.4. The second-order valence-electron chi connectivity index (χ2n) is 14.6. The Hall–Kier alpha value is -0.900. The zero-order valence-corrected chi connectivity index (χ0v) is 33.5. The van der Waals surface area contributed by atoms with Gasteiger partial charge in [0.05, 0.1) is 19.8 Å². The SMILES string of the molecule is CCCCCCCCCCCCCCCCCCCCCCCCOCC(COC1OC(CO)C(O)C(OS(=O)(=O)O)C1O)OC(=O)CCCCC. The molecule has 1 aliphatic heterocycles. The molecule has 0 amide bonds. The van der Waals surface area contributed by atoms with Gasteiger partial charge >= 0.3 is 16.4 Å². The number of carbonyl (C=O) groups excluding carboxylic acids is 1. The van der Waals surface area contributed by atoms with Crippen molar-refractivity contribution in [2.24, 2.45) is 0 Å². The summed E-state index contributed by atoms with van der Waals surface area (Å²) in [6.45, 7) is 3.82. The Bertz CT molecular complexity index is 936. The van der Waals surface area contributed by atoms with E-state index >= 15 is 0 Å². The first-order chi connectivity index (χ1) is 25.1. The highest BCUT2D eigenvalue weighted by Crippen LogP contribution is 2.26. The van der Waals surface area contributed by atoms with Crippen molar-refractivity contribution in [3.05, 3.63) is 0 Å². The lowest BCUT2D eigenvalue weighted by Gasteiger charge is -2.41. The van der Waals surface area contributed by atoms with Crippen LogP contribution in [0.25, 0.3) is 0 Å². The van der Waals surface area contributed by atoms with Crippen LogP contribution in [0.15, 0.2) is 0 Å². The van der Waals surface area contributed by atoms with Crippen molar-refractivity contribution in [2.75, 3.05) is 26.4 Å². The standard InChI is InChI=1S/C39H76O12S/c1-3-5-7-8-9-10-11-12-13-14-15-16-17-18-19-20-21-22-23-24-25-27-29-47-31-33(49-35(41)28-26-6-4-2)32-48-39-37(43)38(51-52(44,45)46)36(42)34(30-40)50-39/h33-34,36-40,42-43H,3-32H2,1-2H3,(H,44,45,46). The summed E-state index contributed by atoms with van der Waals surface area (Å²) >= 11 is 0. The summed E-state index contributed by atoms with van der Waals surface area (Å²) in [7, 11) is -5.04. The van der Waals surface area contributed by atoms with Crippen molar-refractivity contribution >= 4 is 16.4 Å². The van der Waals surface area contributed by atoms with Crippen LogP contribution < -0.4 is 0 Å². The number of rotatable bonds is 36. The minimum absolute atomic E-state index is 0.0403. The molecule has 0 aliphatic carbocycles. The Morgan fingerprint density at radius 1 is 0.654 bits per heavy atom. The number of ether oxygens (including phenoxy) is 4. The third kappa shape index (κ3) is 26.0. The molecule has 6 unspecified atom stereocenters. The molecule has 1 rings (SSSR count). The molecule has 12 nitrogen and oxygen atoms in total. The van der Waals surface area contributed by atoms with E-state index in [1.54, 1.807) is 0 Å². The minimum atomic E-state index is -5.04. The van der Waals surface area contributed by atoms with Gasteiger partial charge in [0, 0.05) is 13.0 Å². The number of hydrogen-bond donors (Lipinski definition) is 4. The molecule has 0 saturated carbocycles. The van der Waals surface area contributed by atoms with Crippen LogP contribution in [0.3, 0.4) is 0 Å². The van der Waals surface area contributed by atoms with E-state index in [0.29, 0.717) is 13.0 Å². The first kappa shape index (κ1) is 49.1. The summed E-state index contributed by atoms with van der Waals surface area (Å²) in [4.78, 5) is 12.4. The number of hydrogen-bond acceptors (Lipinski definition) is 11. The third-order valence-electron chi connectivity index (χ3n) is 9.73. The van der Waals surface area contributed by atoms with Crippen molar-refractivity contribution in [3.63, 3.8) is 0 Å². The van der Waals surface area contributed by atoms with Gasteiger partial charge in [-0.2, -0.15) is 8.42 Å². The van der Waals surface area contributed by atoms with Crippen LogP contribution in [0.1, 0.15) is 181 Å². The topological polar surface area (TPSA) is 178 Å². The Morgan fingerprint density at radius 2 is 1.10 bits per heavy atom. The predicted octanol–water partition coefficient (Wildman–Crippen LogP) is 7.74. The summed E-state index contributed by atoms with van der Waals surface area (Å²) in [6.07, 6.45) is 22.6. The second kappa shape index (κ2) is 32.4. The van der Waals surface area contributed by atoms with E-state index in [2.05, 4.69) is 11.1 Å². The first-order valence-corrected chi connectivity index (χ1v) is 22.2. The van der Waals surface area contributed by atoms with Crippen LogP contribution in [0.2, 0.25) is 0 Å². The lowest BCUT2D eigenvalue weighted by Crippen LogP contribution is -2.60. The molecule has 0 bridgehead atoms.